The Balaban J connectivity index is 2.69. The highest BCUT2D eigenvalue weighted by molar-refractivity contribution is 5.81. The van der Waals surface area contributed by atoms with E-state index in [0.717, 1.165) is 12.1 Å². The van der Waals surface area contributed by atoms with Crippen LogP contribution in [0.1, 0.15) is 38.9 Å². The summed E-state index contributed by atoms with van der Waals surface area (Å²) in [5, 5.41) is 10.2. The highest BCUT2D eigenvalue weighted by Gasteiger charge is 2.23. The fraction of sp³-hybridized carbons (Fsp3) is 0.692. The van der Waals surface area contributed by atoms with E-state index >= 15 is 0 Å². The maximum Gasteiger partial charge on any atom is 0.239 e. The van der Waals surface area contributed by atoms with Crippen LogP contribution in [-0.2, 0) is 4.79 Å². The Morgan fingerprint density at radius 3 is 2.56 bits per heavy atom. The van der Waals surface area contributed by atoms with Gasteiger partial charge in [-0.15, -0.1) is 0 Å². The Morgan fingerprint density at radius 2 is 2.11 bits per heavy atom. The van der Waals surface area contributed by atoms with Crippen molar-refractivity contribution in [2.24, 2.45) is 5.92 Å². The predicted octanol–water partition coefficient (Wildman–Crippen LogP) is 1.56. The molecule has 1 heterocycles. The van der Waals surface area contributed by atoms with E-state index in [1.807, 2.05) is 13.0 Å². The summed E-state index contributed by atoms with van der Waals surface area (Å²) in [7, 11) is 3.58. The van der Waals surface area contributed by atoms with Crippen molar-refractivity contribution >= 4 is 5.91 Å². The van der Waals surface area contributed by atoms with Gasteiger partial charge >= 0.3 is 0 Å². The number of likely N-dealkylation sites (N-methyl/N-ethyl adjacent to an activating group) is 1. The average molecular weight is 252 g/mol. The van der Waals surface area contributed by atoms with Gasteiger partial charge in [0.15, 0.2) is 0 Å². The molecule has 1 rings (SSSR count). The number of H-pyrrole nitrogens is 1. The largest absolute Gasteiger partial charge is 0.347 e. The molecule has 0 aromatic carbocycles. The average Bonchev–Trinajstić information content (AvgIpc) is 2.79. The molecule has 0 bridgehead atoms. The van der Waals surface area contributed by atoms with Gasteiger partial charge in [0.1, 0.15) is 0 Å². The van der Waals surface area contributed by atoms with Gasteiger partial charge in [0.2, 0.25) is 5.91 Å². The minimum atomic E-state index is -0.154. The van der Waals surface area contributed by atoms with Crippen molar-refractivity contribution in [3.05, 3.63) is 18.0 Å². The second-order valence-corrected chi connectivity index (χ2v) is 5.32. The zero-order chi connectivity index (χ0) is 13.7. The lowest BCUT2D eigenvalue weighted by Crippen LogP contribution is -2.45. The molecule has 0 saturated heterocycles. The van der Waals surface area contributed by atoms with Gasteiger partial charge in [0.25, 0.3) is 0 Å². The number of nitrogens with zero attached hydrogens (tertiary/aromatic N) is 2. The number of rotatable bonds is 6. The molecule has 1 amide bonds. The van der Waals surface area contributed by atoms with Crippen molar-refractivity contribution < 1.29 is 4.79 Å². The standard InChI is InChI=1S/C13H24N4O/c1-9(2)8-12(13(18)17(4)5)15-10(3)11-6-7-14-16-11/h6-7,9-10,12,15H,8H2,1-5H3,(H,14,16). The van der Waals surface area contributed by atoms with E-state index in [0.29, 0.717) is 5.92 Å². The highest BCUT2D eigenvalue weighted by Crippen LogP contribution is 2.13. The molecule has 0 aliphatic carbocycles. The Bertz CT molecular complexity index is 359. The van der Waals surface area contributed by atoms with Crippen LogP contribution >= 0.6 is 0 Å². The van der Waals surface area contributed by atoms with Crippen molar-refractivity contribution in [1.29, 1.82) is 0 Å². The first-order chi connectivity index (χ1) is 8.41. The van der Waals surface area contributed by atoms with Gasteiger partial charge < -0.3 is 4.90 Å². The van der Waals surface area contributed by atoms with Crippen molar-refractivity contribution in [3.8, 4) is 0 Å². The van der Waals surface area contributed by atoms with Crippen LogP contribution in [0.3, 0.4) is 0 Å². The summed E-state index contributed by atoms with van der Waals surface area (Å²) in [6.45, 7) is 6.28. The molecule has 18 heavy (non-hydrogen) atoms. The summed E-state index contributed by atoms with van der Waals surface area (Å²) >= 11 is 0. The van der Waals surface area contributed by atoms with Crippen LogP contribution in [0.4, 0.5) is 0 Å². The lowest BCUT2D eigenvalue weighted by atomic mass is 10.0. The number of hydrogen-bond acceptors (Lipinski definition) is 3. The Labute approximate surface area is 109 Å². The fourth-order valence-corrected chi connectivity index (χ4v) is 1.92. The van der Waals surface area contributed by atoms with Crippen molar-refractivity contribution in [2.45, 2.75) is 39.3 Å². The van der Waals surface area contributed by atoms with Gasteiger partial charge in [-0.25, -0.2) is 0 Å². The first-order valence-corrected chi connectivity index (χ1v) is 6.38. The number of aromatic nitrogens is 2. The molecular weight excluding hydrogens is 228 g/mol. The number of hydrogen-bond donors (Lipinski definition) is 2. The molecule has 0 saturated carbocycles. The fourth-order valence-electron chi connectivity index (χ4n) is 1.92. The van der Waals surface area contributed by atoms with Crippen LogP contribution in [-0.4, -0.2) is 41.1 Å². The lowest BCUT2D eigenvalue weighted by molar-refractivity contribution is -0.131. The number of amides is 1. The maximum atomic E-state index is 12.1. The van der Waals surface area contributed by atoms with E-state index in [-0.39, 0.29) is 18.0 Å². The summed E-state index contributed by atoms with van der Waals surface area (Å²) in [6.07, 6.45) is 2.55. The molecule has 1 aromatic heterocycles. The van der Waals surface area contributed by atoms with E-state index in [1.165, 1.54) is 0 Å². The lowest BCUT2D eigenvalue weighted by Gasteiger charge is -2.26. The topological polar surface area (TPSA) is 61.0 Å². The van der Waals surface area contributed by atoms with E-state index in [2.05, 4.69) is 29.4 Å². The number of aromatic amines is 1. The van der Waals surface area contributed by atoms with Gasteiger partial charge in [0.05, 0.1) is 11.7 Å². The van der Waals surface area contributed by atoms with Crippen LogP contribution in [0.25, 0.3) is 0 Å². The Hall–Kier alpha value is -1.36. The van der Waals surface area contributed by atoms with Gasteiger partial charge in [0, 0.05) is 26.3 Å². The zero-order valence-corrected chi connectivity index (χ0v) is 11.9. The minimum Gasteiger partial charge on any atom is -0.347 e. The second-order valence-electron chi connectivity index (χ2n) is 5.32. The van der Waals surface area contributed by atoms with Gasteiger partial charge in [-0.2, -0.15) is 5.10 Å². The third-order valence-corrected chi connectivity index (χ3v) is 2.89. The van der Waals surface area contributed by atoms with Crippen molar-refractivity contribution in [2.75, 3.05) is 14.1 Å². The van der Waals surface area contributed by atoms with Gasteiger partial charge in [-0.3, -0.25) is 15.2 Å². The van der Waals surface area contributed by atoms with Gasteiger partial charge in [-0.05, 0) is 25.3 Å². The quantitative estimate of drug-likeness (QED) is 0.807. The maximum absolute atomic E-state index is 12.1. The molecule has 1 aromatic rings. The van der Waals surface area contributed by atoms with Crippen LogP contribution in [0.5, 0.6) is 0 Å². The van der Waals surface area contributed by atoms with E-state index in [4.69, 9.17) is 0 Å². The van der Waals surface area contributed by atoms with Crippen LogP contribution in [0, 0.1) is 5.92 Å². The van der Waals surface area contributed by atoms with Crippen LogP contribution < -0.4 is 5.32 Å². The van der Waals surface area contributed by atoms with Crippen molar-refractivity contribution in [3.63, 3.8) is 0 Å². The third-order valence-electron chi connectivity index (χ3n) is 2.89. The van der Waals surface area contributed by atoms with Gasteiger partial charge in [-0.1, -0.05) is 13.8 Å². The molecule has 2 atom stereocenters. The number of carbonyl (C=O) groups is 1. The summed E-state index contributed by atoms with van der Waals surface area (Å²) in [5.41, 5.74) is 0.996. The second kappa shape index (κ2) is 6.54. The molecule has 0 radical (unpaired) electrons. The first kappa shape index (κ1) is 14.7. The van der Waals surface area contributed by atoms with E-state index in [1.54, 1.807) is 25.2 Å². The molecule has 5 nitrogen and oxygen atoms in total. The summed E-state index contributed by atoms with van der Waals surface area (Å²) < 4.78 is 0. The van der Waals surface area contributed by atoms with E-state index in [9.17, 15) is 4.79 Å². The third kappa shape index (κ3) is 4.14. The molecule has 0 aliphatic heterocycles. The summed E-state index contributed by atoms with van der Waals surface area (Å²) in [6, 6.07) is 1.85. The summed E-state index contributed by atoms with van der Waals surface area (Å²) in [5.74, 6) is 0.593. The van der Waals surface area contributed by atoms with Crippen LogP contribution in [0.15, 0.2) is 12.3 Å². The molecule has 2 N–H and O–H groups in total. The molecular formula is C13H24N4O. The number of carbonyl (C=O) groups excluding carboxylic acids is 1. The molecule has 102 valence electrons. The SMILES string of the molecule is CC(C)CC(NC(C)c1ccn[nH]1)C(=O)N(C)C. The summed E-state index contributed by atoms with van der Waals surface area (Å²) in [4.78, 5) is 13.8. The monoisotopic (exact) mass is 252 g/mol. The molecule has 0 fully saturated rings. The molecule has 0 aliphatic rings. The normalized spacial score (nSPS) is 14.6. The van der Waals surface area contributed by atoms with Crippen LogP contribution in [0.2, 0.25) is 0 Å². The molecule has 5 heteroatoms. The van der Waals surface area contributed by atoms with E-state index < -0.39 is 0 Å². The highest BCUT2D eigenvalue weighted by atomic mass is 16.2. The Morgan fingerprint density at radius 1 is 1.44 bits per heavy atom. The molecule has 0 spiro atoms. The minimum absolute atomic E-state index is 0.0835. The number of nitrogens with one attached hydrogen (secondary N) is 2. The zero-order valence-electron chi connectivity index (χ0n) is 11.9. The first-order valence-electron chi connectivity index (χ1n) is 6.38. The smallest absolute Gasteiger partial charge is 0.239 e. The Kier molecular flexibility index (Phi) is 5.34. The predicted molar refractivity (Wildman–Crippen MR) is 72.1 cm³/mol. The van der Waals surface area contributed by atoms with Crippen molar-refractivity contribution in [1.82, 2.24) is 20.4 Å². The molecule has 2 unspecified atom stereocenters.